The van der Waals surface area contributed by atoms with Crippen molar-refractivity contribution in [2.45, 2.75) is 29.4 Å². The second-order valence-corrected chi connectivity index (χ2v) is 9.58. The molecule has 1 fully saturated rings. The molecule has 1 atom stereocenters. The van der Waals surface area contributed by atoms with Crippen molar-refractivity contribution in [2.24, 2.45) is 0 Å². The molecule has 128 valence electrons. The van der Waals surface area contributed by atoms with Crippen molar-refractivity contribution in [3.05, 3.63) is 22.7 Å². The average Bonchev–Trinajstić information content (AvgIpc) is 2.51. The van der Waals surface area contributed by atoms with E-state index in [9.17, 15) is 4.79 Å². The molecule has 1 saturated heterocycles. The number of ketones is 1. The van der Waals surface area contributed by atoms with Crippen molar-refractivity contribution in [1.29, 1.82) is 0 Å². The predicted molar refractivity (Wildman–Crippen MR) is 93.7 cm³/mol. The minimum absolute atomic E-state index is 0.173. The molecule has 0 spiro atoms. The molecule has 0 saturated carbocycles. The van der Waals surface area contributed by atoms with Crippen LogP contribution in [0.25, 0.3) is 0 Å². The van der Waals surface area contributed by atoms with Crippen molar-refractivity contribution in [3.8, 4) is 5.75 Å². The summed E-state index contributed by atoms with van der Waals surface area (Å²) in [5, 5.41) is 0.515. The number of ether oxygens (including phenoxy) is 3. The second-order valence-electron chi connectivity index (χ2n) is 6.31. The number of thiol groups is 1. The molecule has 2 heterocycles. The summed E-state index contributed by atoms with van der Waals surface area (Å²) in [6.07, 6.45) is 1.42. The quantitative estimate of drug-likeness (QED) is 0.624. The number of hydrogen-bond acceptors (Lipinski definition) is 4. The van der Waals surface area contributed by atoms with Crippen LogP contribution in [0.15, 0.2) is 17.0 Å². The summed E-state index contributed by atoms with van der Waals surface area (Å²) < 4.78 is 16.5. The van der Waals surface area contributed by atoms with Gasteiger partial charge in [0.25, 0.3) is 0 Å². The molecule has 1 aromatic carbocycles. The van der Waals surface area contributed by atoms with Gasteiger partial charge in [-0.1, -0.05) is 11.6 Å². The number of rotatable bonds is 6. The number of fused-ring (bicyclic) bond motifs is 1. The molecule has 1 unspecified atom stereocenters. The summed E-state index contributed by atoms with van der Waals surface area (Å²) in [6, 6.07) is 3.79. The maximum absolute atomic E-state index is 12.3. The van der Waals surface area contributed by atoms with Crippen molar-refractivity contribution in [1.82, 2.24) is 0 Å². The predicted octanol–water partition coefficient (Wildman–Crippen LogP) is 3.49. The maximum atomic E-state index is 12.3. The SMILES string of the molecule is COCCCOc1cc2c(cc1Cl)C(=O)CC[SH]2C1(C)COC1. The van der Waals surface area contributed by atoms with Gasteiger partial charge in [-0.2, -0.15) is 0 Å². The van der Waals surface area contributed by atoms with Crippen LogP contribution in [0.4, 0.5) is 0 Å². The molecule has 4 nitrogen and oxygen atoms in total. The highest BCUT2D eigenvalue weighted by molar-refractivity contribution is 8.18. The molecule has 1 aromatic rings. The molecule has 23 heavy (non-hydrogen) atoms. The lowest BCUT2D eigenvalue weighted by Crippen LogP contribution is -2.48. The molecular weight excluding hydrogens is 336 g/mol. The van der Waals surface area contributed by atoms with Crippen LogP contribution in [0.5, 0.6) is 5.75 Å². The highest BCUT2D eigenvalue weighted by atomic mass is 35.5. The number of carbonyl (C=O) groups is 1. The smallest absolute Gasteiger partial charge is 0.164 e. The maximum Gasteiger partial charge on any atom is 0.164 e. The van der Waals surface area contributed by atoms with Crippen LogP contribution in [-0.2, 0) is 9.47 Å². The van der Waals surface area contributed by atoms with Crippen LogP contribution in [0.2, 0.25) is 5.02 Å². The highest BCUT2D eigenvalue weighted by Crippen LogP contribution is 2.56. The molecule has 2 aliphatic heterocycles. The Morgan fingerprint density at radius 3 is 2.78 bits per heavy atom. The largest absolute Gasteiger partial charge is 0.492 e. The molecule has 0 N–H and O–H groups in total. The Morgan fingerprint density at radius 1 is 1.35 bits per heavy atom. The Kier molecular flexibility index (Phi) is 5.21. The van der Waals surface area contributed by atoms with Gasteiger partial charge in [0.2, 0.25) is 0 Å². The first-order valence-corrected chi connectivity index (χ1v) is 9.79. The van der Waals surface area contributed by atoms with Gasteiger partial charge in [-0.15, -0.1) is 0 Å². The van der Waals surface area contributed by atoms with E-state index in [4.69, 9.17) is 25.8 Å². The van der Waals surface area contributed by atoms with Gasteiger partial charge in [0.1, 0.15) is 5.75 Å². The molecule has 0 aliphatic carbocycles. The Balaban J connectivity index is 1.87. The van der Waals surface area contributed by atoms with Crippen LogP contribution in [-0.4, -0.2) is 49.8 Å². The summed E-state index contributed by atoms with van der Waals surface area (Å²) in [4.78, 5) is 13.4. The van der Waals surface area contributed by atoms with Crippen molar-refractivity contribution in [3.63, 3.8) is 0 Å². The normalized spacial score (nSPS) is 24.0. The Hall–Kier alpha value is -0.750. The molecule has 2 aliphatic rings. The number of Topliss-reactive ketones (excluding diaryl/α,β-unsaturated/α-hetero) is 1. The van der Waals surface area contributed by atoms with E-state index in [0.717, 1.165) is 35.8 Å². The van der Waals surface area contributed by atoms with Gasteiger partial charge in [-0.25, -0.2) is 10.9 Å². The van der Waals surface area contributed by atoms with E-state index in [0.29, 0.717) is 30.4 Å². The third kappa shape index (κ3) is 3.38. The molecule has 0 amide bonds. The van der Waals surface area contributed by atoms with Gasteiger partial charge in [-0.05, 0) is 24.8 Å². The third-order valence-electron chi connectivity index (χ3n) is 4.43. The van der Waals surface area contributed by atoms with Gasteiger partial charge in [0, 0.05) is 41.8 Å². The molecule has 0 bridgehead atoms. The van der Waals surface area contributed by atoms with Crippen molar-refractivity contribution >= 4 is 28.3 Å². The van der Waals surface area contributed by atoms with Crippen molar-refractivity contribution in [2.75, 3.05) is 39.3 Å². The van der Waals surface area contributed by atoms with E-state index in [1.54, 1.807) is 13.2 Å². The number of carbonyl (C=O) groups excluding carboxylic acids is 1. The van der Waals surface area contributed by atoms with Gasteiger partial charge in [0.05, 0.1) is 24.8 Å². The zero-order valence-electron chi connectivity index (χ0n) is 13.6. The van der Waals surface area contributed by atoms with Gasteiger partial charge in [-0.3, -0.25) is 4.79 Å². The highest BCUT2D eigenvalue weighted by Gasteiger charge is 2.42. The number of hydrogen-bond donors (Lipinski definition) is 1. The van der Waals surface area contributed by atoms with E-state index < -0.39 is 10.9 Å². The van der Waals surface area contributed by atoms with E-state index in [2.05, 4.69) is 6.92 Å². The molecular formula is C17H23ClO4S. The minimum Gasteiger partial charge on any atom is -0.492 e. The topological polar surface area (TPSA) is 44.8 Å². The Labute approximate surface area is 144 Å². The van der Waals surface area contributed by atoms with E-state index in [1.165, 1.54) is 0 Å². The van der Waals surface area contributed by atoms with Crippen LogP contribution < -0.4 is 4.74 Å². The number of halogens is 1. The summed E-state index contributed by atoms with van der Waals surface area (Å²) in [7, 11) is 1.24. The fraction of sp³-hybridized carbons (Fsp3) is 0.588. The number of methoxy groups -OCH3 is 1. The van der Waals surface area contributed by atoms with Crippen LogP contribution >= 0.6 is 22.5 Å². The summed E-state index contributed by atoms with van der Waals surface area (Å²) in [6.45, 7) is 5.02. The van der Waals surface area contributed by atoms with E-state index >= 15 is 0 Å². The van der Waals surface area contributed by atoms with E-state index in [-0.39, 0.29) is 10.5 Å². The van der Waals surface area contributed by atoms with Crippen LogP contribution in [0.3, 0.4) is 0 Å². The summed E-state index contributed by atoms with van der Waals surface area (Å²) >= 11 is 6.32. The van der Waals surface area contributed by atoms with Gasteiger partial charge < -0.3 is 14.2 Å². The zero-order valence-corrected chi connectivity index (χ0v) is 15.2. The monoisotopic (exact) mass is 358 g/mol. The lowest BCUT2D eigenvalue weighted by molar-refractivity contribution is -0.00130. The molecule has 0 radical (unpaired) electrons. The van der Waals surface area contributed by atoms with E-state index in [1.807, 2.05) is 6.07 Å². The fourth-order valence-corrected chi connectivity index (χ4v) is 6.32. The van der Waals surface area contributed by atoms with Crippen LogP contribution in [0.1, 0.15) is 30.1 Å². The Bertz CT molecular complexity index is 601. The number of benzene rings is 1. The minimum atomic E-state index is -0.430. The summed E-state index contributed by atoms with van der Waals surface area (Å²) in [5.41, 5.74) is 0.782. The Morgan fingerprint density at radius 2 is 2.13 bits per heavy atom. The van der Waals surface area contributed by atoms with Gasteiger partial charge >= 0.3 is 0 Å². The second kappa shape index (κ2) is 7.01. The standard InChI is InChI=1S/C17H23ClO4S/c1-17(10-21-11-17)23-7-4-14(19)12-8-13(18)15(9-16(12)23)22-6-3-5-20-2/h8-9,23H,3-7,10-11H2,1-2H3. The zero-order chi connectivity index (χ0) is 16.4. The van der Waals surface area contributed by atoms with Crippen molar-refractivity contribution < 1.29 is 19.0 Å². The molecule has 6 heteroatoms. The fourth-order valence-electron chi connectivity index (χ4n) is 3.07. The first-order valence-electron chi connectivity index (χ1n) is 7.89. The van der Waals surface area contributed by atoms with Gasteiger partial charge in [0.15, 0.2) is 5.78 Å². The average molecular weight is 359 g/mol. The first kappa shape index (κ1) is 17.1. The molecule has 0 aromatic heterocycles. The lowest BCUT2D eigenvalue weighted by Gasteiger charge is -2.49. The molecule has 3 rings (SSSR count). The summed E-state index contributed by atoms with van der Waals surface area (Å²) in [5.74, 6) is 1.80. The lowest BCUT2D eigenvalue weighted by atomic mass is 10.1. The third-order valence-corrected chi connectivity index (χ3v) is 7.91. The van der Waals surface area contributed by atoms with Crippen LogP contribution in [0, 0.1) is 0 Å². The first-order chi connectivity index (χ1) is 11.0.